The fourth-order valence-electron chi connectivity index (χ4n) is 1.96. The van der Waals surface area contributed by atoms with Gasteiger partial charge in [-0.05, 0) is 37.6 Å². The van der Waals surface area contributed by atoms with Gasteiger partial charge in [0.05, 0.1) is 5.69 Å². The molecule has 1 heterocycles. The Morgan fingerprint density at radius 2 is 1.85 bits per heavy atom. The van der Waals surface area contributed by atoms with Gasteiger partial charge in [0.2, 0.25) is 5.09 Å². The Balaban J connectivity index is 2.45. The number of sulfonamides is 1. The van der Waals surface area contributed by atoms with Crippen LogP contribution in [-0.2, 0) is 10.0 Å². The third-order valence-electron chi connectivity index (χ3n) is 3.02. The molecule has 2 rings (SSSR count). The molecule has 0 saturated carbocycles. The van der Waals surface area contributed by atoms with E-state index in [1.165, 1.54) is 19.2 Å². The molecule has 0 amide bonds. The third-order valence-corrected chi connectivity index (χ3v) is 4.67. The lowest BCUT2D eigenvalue weighted by Crippen LogP contribution is -2.26. The summed E-state index contributed by atoms with van der Waals surface area (Å²) >= 11 is 0. The molecule has 6 heteroatoms. The standard InChI is InChI=1S/C14H15NO4S/c1-10-4-6-13(11(2)8-10)15(3)20(17,18)14-7-5-12(9-16)19-14/h4-9H,1-3H3. The van der Waals surface area contributed by atoms with Crippen molar-refractivity contribution in [3.8, 4) is 0 Å². The van der Waals surface area contributed by atoms with E-state index in [1.54, 1.807) is 6.07 Å². The van der Waals surface area contributed by atoms with Crippen molar-refractivity contribution in [2.75, 3.05) is 11.4 Å². The maximum Gasteiger partial charge on any atom is 0.297 e. The minimum absolute atomic E-state index is 0.0161. The molecule has 5 nitrogen and oxygen atoms in total. The van der Waals surface area contributed by atoms with Crippen LogP contribution < -0.4 is 4.31 Å². The van der Waals surface area contributed by atoms with Crippen molar-refractivity contribution >= 4 is 22.0 Å². The van der Waals surface area contributed by atoms with Gasteiger partial charge < -0.3 is 4.42 Å². The van der Waals surface area contributed by atoms with Crippen LogP contribution in [0, 0.1) is 13.8 Å². The number of aryl methyl sites for hydroxylation is 2. The van der Waals surface area contributed by atoms with Crippen LogP contribution in [-0.4, -0.2) is 21.8 Å². The fourth-order valence-corrected chi connectivity index (χ4v) is 3.13. The van der Waals surface area contributed by atoms with Crippen molar-refractivity contribution in [2.24, 2.45) is 0 Å². The zero-order valence-electron chi connectivity index (χ0n) is 11.5. The van der Waals surface area contributed by atoms with Crippen molar-refractivity contribution in [1.29, 1.82) is 0 Å². The Morgan fingerprint density at radius 3 is 2.40 bits per heavy atom. The number of hydrogen-bond donors (Lipinski definition) is 0. The van der Waals surface area contributed by atoms with Gasteiger partial charge >= 0.3 is 0 Å². The molecule has 0 fully saturated rings. The second-order valence-corrected chi connectivity index (χ2v) is 6.44. The molecule has 0 atom stereocenters. The molecule has 0 bridgehead atoms. The van der Waals surface area contributed by atoms with Gasteiger partial charge in [-0.15, -0.1) is 0 Å². The maximum atomic E-state index is 12.4. The summed E-state index contributed by atoms with van der Waals surface area (Å²) in [4.78, 5) is 10.6. The number of benzene rings is 1. The second kappa shape index (κ2) is 5.13. The number of carbonyl (C=O) groups excluding carboxylic acids is 1. The Bertz CT molecular complexity index is 746. The van der Waals surface area contributed by atoms with E-state index in [4.69, 9.17) is 4.42 Å². The molecule has 0 radical (unpaired) electrons. The largest absolute Gasteiger partial charge is 0.440 e. The minimum Gasteiger partial charge on any atom is -0.440 e. The highest BCUT2D eigenvalue weighted by Crippen LogP contribution is 2.26. The van der Waals surface area contributed by atoms with Gasteiger partial charge in [-0.25, -0.2) is 0 Å². The highest BCUT2D eigenvalue weighted by atomic mass is 32.2. The number of hydrogen-bond acceptors (Lipinski definition) is 4. The van der Waals surface area contributed by atoms with Crippen LogP contribution in [0.25, 0.3) is 0 Å². The fraction of sp³-hybridized carbons (Fsp3) is 0.214. The summed E-state index contributed by atoms with van der Waals surface area (Å²) in [5, 5.41) is -0.248. The van der Waals surface area contributed by atoms with Gasteiger partial charge in [-0.3, -0.25) is 9.10 Å². The van der Waals surface area contributed by atoms with Crippen LogP contribution in [0.5, 0.6) is 0 Å². The molecular formula is C14H15NO4S. The van der Waals surface area contributed by atoms with Crippen LogP contribution in [0.2, 0.25) is 0 Å². The number of furan rings is 1. The Hall–Kier alpha value is -2.08. The predicted octanol–water partition coefficient (Wildman–Crippen LogP) is 2.53. The highest BCUT2D eigenvalue weighted by Gasteiger charge is 2.26. The minimum atomic E-state index is -3.81. The van der Waals surface area contributed by atoms with E-state index >= 15 is 0 Å². The summed E-state index contributed by atoms with van der Waals surface area (Å²) < 4.78 is 31.0. The van der Waals surface area contributed by atoms with Crippen LogP contribution in [0.3, 0.4) is 0 Å². The lowest BCUT2D eigenvalue weighted by molar-refractivity contribution is 0.109. The molecule has 0 N–H and O–H groups in total. The van der Waals surface area contributed by atoms with Crippen LogP contribution >= 0.6 is 0 Å². The van der Waals surface area contributed by atoms with E-state index in [9.17, 15) is 13.2 Å². The van der Waals surface area contributed by atoms with Crippen molar-refractivity contribution in [1.82, 2.24) is 0 Å². The number of anilines is 1. The number of carbonyl (C=O) groups is 1. The van der Waals surface area contributed by atoms with E-state index in [-0.39, 0.29) is 10.9 Å². The van der Waals surface area contributed by atoms with E-state index in [2.05, 4.69) is 0 Å². The summed E-state index contributed by atoms with van der Waals surface area (Å²) in [6.07, 6.45) is 0.468. The molecule has 0 aliphatic carbocycles. The highest BCUT2D eigenvalue weighted by molar-refractivity contribution is 7.92. The van der Waals surface area contributed by atoms with E-state index in [1.807, 2.05) is 26.0 Å². The first-order chi connectivity index (χ1) is 9.36. The quantitative estimate of drug-likeness (QED) is 0.812. The lowest BCUT2D eigenvalue weighted by atomic mass is 10.1. The first-order valence-corrected chi connectivity index (χ1v) is 7.41. The Kier molecular flexibility index (Phi) is 3.67. The molecule has 106 valence electrons. The van der Waals surface area contributed by atoms with Gasteiger partial charge in [0.1, 0.15) is 0 Å². The molecule has 0 unspecified atom stereocenters. The number of aldehydes is 1. The second-order valence-electron chi connectivity index (χ2n) is 4.54. The van der Waals surface area contributed by atoms with Gasteiger partial charge in [0.25, 0.3) is 10.0 Å². The van der Waals surface area contributed by atoms with Crippen molar-refractivity contribution in [3.63, 3.8) is 0 Å². The SMILES string of the molecule is Cc1ccc(N(C)S(=O)(=O)c2ccc(C=O)o2)c(C)c1. The third kappa shape index (κ3) is 2.46. The van der Waals surface area contributed by atoms with E-state index in [0.29, 0.717) is 12.0 Å². The Labute approximate surface area is 117 Å². The van der Waals surface area contributed by atoms with E-state index < -0.39 is 10.0 Å². The zero-order chi connectivity index (χ0) is 14.9. The molecular weight excluding hydrogens is 278 g/mol. The van der Waals surface area contributed by atoms with Gasteiger partial charge in [-0.2, -0.15) is 8.42 Å². The molecule has 0 saturated heterocycles. The first-order valence-electron chi connectivity index (χ1n) is 5.97. The number of nitrogens with zero attached hydrogens (tertiary/aromatic N) is 1. The first kappa shape index (κ1) is 14.3. The molecule has 20 heavy (non-hydrogen) atoms. The van der Waals surface area contributed by atoms with Gasteiger partial charge in [-0.1, -0.05) is 17.7 Å². The maximum absolute atomic E-state index is 12.4. The zero-order valence-corrected chi connectivity index (χ0v) is 12.3. The lowest BCUT2D eigenvalue weighted by Gasteiger charge is -2.20. The average Bonchev–Trinajstić information content (AvgIpc) is 2.87. The predicted molar refractivity (Wildman–Crippen MR) is 75.6 cm³/mol. The molecule has 0 aliphatic heterocycles. The molecule has 0 spiro atoms. The smallest absolute Gasteiger partial charge is 0.297 e. The summed E-state index contributed by atoms with van der Waals surface area (Å²) in [7, 11) is -2.35. The van der Waals surface area contributed by atoms with Gasteiger partial charge in [0, 0.05) is 7.05 Å². The van der Waals surface area contributed by atoms with Gasteiger partial charge in [0.15, 0.2) is 12.0 Å². The topological polar surface area (TPSA) is 67.6 Å². The normalized spacial score (nSPS) is 11.3. The monoisotopic (exact) mass is 293 g/mol. The molecule has 2 aromatic rings. The summed E-state index contributed by atoms with van der Waals surface area (Å²) in [6, 6.07) is 8.09. The van der Waals surface area contributed by atoms with Crippen LogP contribution in [0.1, 0.15) is 21.7 Å². The summed E-state index contributed by atoms with van der Waals surface area (Å²) in [5.41, 5.74) is 2.47. The Morgan fingerprint density at radius 1 is 1.15 bits per heavy atom. The van der Waals surface area contributed by atoms with Crippen LogP contribution in [0.15, 0.2) is 39.8 Å². The number of rotatable bonds is 4. The van der Waals surface area contributed by atoms with Crippen molar-refractivity contribution in [2.45, 2.75) is 18.9 Å². The van der Waals surface area contributed by atoms with E-state index in [0.717, 1.165) is 15.4 Å². The molecule has 0 aliphatic rings. The molecule has 1 aromatic carbocycles. The summed E-state index contributed by atoms with van der Waals surface area (Å²) in [5.74, 6) is -0.0161. The average molecular weight is 293 g/mol. The van der Waals surface area contributed by atoms with Crippen molar-refractivity contribution in [3.05, 3.63) is 47.2 Å². The van der Waals surface area contributed by atoms with Crippen molar-refractivity contribution < 1.29 is 17.6 Å². The molecule has 1 aromatic heterocycles. The summed E-state index contributed by atoms with van der Waals surface area (Å²) in [6.45, 7) is 3.78. The van der Waals surface area contributed by atoms with Crippen LogP contribution in [0.4, 0.5) is 5.69 Å².